The summed E-state index contributed by atoms with van der Waals surface area (Å²) in [4.78, 5) is 18.1. The third-order valence-electron chi connectivity index (χ3n) is 4.83. The predicted octanol–water partition coefficient (Wildman–Crippen LogP) is 6.48. The number of nitrogens with one attached hydrogen (secondary N) is 1. The highest BCUT2D eigenvalue weighted by Crippen LogP contribution is 2.37. The number of fused-ring (bicyclic) bond motifs is 1. The predicted molar refractivity (Wildman–Crippen MR) is 125 cm³/mol. The lowest BCUT2D eigenvalue weighted by Gasteiger charge is -2.15. The zero-order chi connectivity index (χ0) is 22.0. The number of hydrogen-bond donors (Lipinski definition) is 1. The van der Waals surface area contributed by atoms with Gasteiger partial charge < -0.3 is 14.8 Å². The number of amides is 1. The van der Waals surface area contributed by atoms with Crippen LogP contribution in [0.3, 0.4) is 0 Å². The lowest BCUT2D eigenvalue weighted by atomic mass is 10.0. The molecule has 3 aromatic carbocycles. The maximum Gasteiger partial charge on any atom is 0.256 e. The Morgan fingerprint density at radius 2 is 1.58 bits per heavy atom. The number of halogens is 2. The van der Waals surface area contributed by atoms with Crippen LogP contribution < -0.4 is 14.8 Å². The first-order valence-electron chi connectivity index (χ1n) is 9.39. The maximum atomic E-state index is 13.3. The van der Waals surface area contributed by atoms with Crippen LogP contribution in [-0.2, 0) is 0 Å². The van der Waals surface area contributed by atoms with Gasteiger partial charge in [-0.25, -0.2) is 4.98 Å². The van der Waals surface area contributed by atoms with E-state index in [0.717, 1.165) is 10.9 Å². The van der Waals surface area contributed by atoms with E-state index in [9.17, 15) is 4.79 Å². The fourth-order valence-electron chi connectivity index (χ4n) is 3.32. The molecule has 0 spiro atoms. The monoisotopic (exact) mass is 452 g/mol. The Balaban J connectivity index is 1.83. The van der Waals surface area contributed by atoms with E-state index in [1.165, 1.54) is 14.2 Å². The Bertz CT molecular complexity index is 1290. The summed E-state index contributed by atoms with van der Waals surface area (Å²) >= 11 is 12.6. The van der Waals surface area contributed by atoms with E-state index >= 15 is 0 Å². The van der Waals surface area contributed by atoms with E-state index in [2.05, 4.69) is 5.32 Å². The lowest BCUT2D eigenvalue weighted by molar-refractivity contribution is 0.102. The third-order valence-corrected chi connectivity index (χ3v) is 5.46. The maximum absolute atomic E-state index is 13.3. The van der Waals surface area contributed by atoms with E-state index in [0.29, 0.717) is 44.0 Å². The van der Waals surface area contributed by atoms with Crippen molar-refractivity contribution in [3.05, 3.63) is 82.3 Å². The number of carbonyl (C=O) groups excluding carboxylic acids is 1. The van der Waals surface area contributed by atoms with Gasteiger partial charge in [0.05, 0.1) is 41.7 Å². The Kier molecular flexibility index (Phi) is 5.98. The number of nitrogens with zero attached hydrogens (tertiary/aromatic N) is 1. The van der Waals surface area contributed by atoms with E-state index in [1.807, 2.05) is 42.5 Å². The minimum atomic E-state index is -0.324. The highest BCUT2D eigenvalue weighted by Gasteiger charge is 2.18. The van der Waals surface area contributed by atoms with Crippen LogP contribution in [0.5, 0.6) is 11.5 Å². The van der Waals surface area contributed by atoms with Crippen LogP contribution in [0.4, 0.5) is 5.69 Å². The number of aromatic nitrogens is 1. The number of methoxy groups -OCH3 is 2. The van der Waals surface area contributed by atoms with Crippen LogP contribution in [0.15, 0.2) is 66.7 Å². The second kappa shape index (κ2) is 8.84. The van der Waals surface area contributed by atoms with Gasteiger partial charge in [-0.1, -0.05) is 59.6 Å². The molecule has 1 amide bonds. The van der Waals surface area contributed by atoms with Gasteiger partial charge in [0, 0.05) is 28.1 Å². The molecule has 0 saturated heterocycles. The molecule has 5 nitrogen and oxygen atoms in total. The number of pyridine rings is 1. The second-order valence-corrected chi connectivity index (χ2v) is 7.51. The zero-order valence-electron chi connectivity index (χ0n) is 16.8. The number of anilines is 1. The summed E-state index contributed by atoms with van der Waals surface area (Å²) in [6.45, 7) is 0. The number of benzene rings is 3. The van der Waals surface area contributed by atoms with Crippen molar-refractivity contribution < 1.29 is 14.3 Å². The first-order chi connectivity index (χ1) is 15.0. The molecule has 0 bridgehead atoms. The molecule has 0 unspecified atom stereocenters. The SMILES string of the molecule is COc1cc(NC(=O)c2cc(-c3ccccc3Cl)nc3ccccc23)c(OC)cc1Cl. The normalized spacial score (nSPS) is 10.7. The summed E-state index contributed by atoms with van der Waals surface area (Å²) in [7, 11) is 3.01. The number of ether oxygens (including phenoxy) is 2. The minimum Gasteiger partial charge on any atom is -0.495 e. The quantitative estimate of drug-likeness (QED) is 0.376. The van der Waals surface area contributed by atoms with Crippen LogP contribution >= 0.6 is 23.2 Å². The molecule has 0 aliphatic heterocycles. The molecule has 1 heterocycles. The van der Waals surface area contributed by atoms with Crippen LogP contribution in [0.25, 0.3) is 22.2 Å². The fourth-order valence-corrected chi connectivity index (χ4v) is 3.78. The zero-order valence-corrected chi connectivity index (χ0v) is 18.3. The van der Waals surface area contributed by atoms with Crippen LogP contribution in [0, 0.1) is 0 Å². The molecule has 31 heavy (non-hydrogen) atoms. The number of rotatable bonds is 5. The van der Waals surface area contributed by atoms with Gasteiger partial charge in [0.25, 0.3) is 5.91 Å². The first-order valence-corrected chi connectivity index (χ1v) is 10.1. The molecular formula is C24H18Cl2N2O3. The molecule has 0 fully saturated rings. The standard InChI is InChI=1S/C24H18Cl2N2O3/c1-30-22-13-21(23(31-2)12-18(22)26)28-24(29)16-11-20(15-8-3-5-9-17(15)25)27-19-10-6-4-7-14(16)19/h3-13H,1-2H3,(H,28,29). The van der Waals surface area contributed by atoms with Gasteiger partial charge in [-0.3, -0.25) is 4.79 Å². The summed E-state index contributed by atoms with van der Waals surface area (Å²) in [5.74, 6) is 0.521. The minimum absolute atomic E-state index is 0.324. The van der Waals surface area contributed by atoms with Gasteiger partial charge in [-0.15, -0.1) is 0 Å². The second-order valence-electron chi connectivity index (χ2n) is 6.69. The molecule has 0 aliphatic carbocycles. The van der Waals surface area contributed by atoms with E-state index in [1.54, 1.807) is 24.3 Å². The van der Waals surface area contributed by atoms with Crippen molar-refractivity contribution in [2.75, 3.05) is 19.5 Å². The molecule has 4 rings (SSSR count). The average Bonchev–Trinajstić information content (AvgIpc) is 2.79. The highest BCUT2D eigenvalue weighted by molar-refractivity contribution is 6.33. The molecule has 0 aliphatic rings. The number of para-hydroxylation sites is 1. The molecule has 7 heteroatoms. The molecule has 0 atom stereocenters. The van der Waals surface area contributed by atoms with Gasteiger partial charge in [-0.2, -0.15) is 0 Å². The summed E-state index contributed by atoms with van der Waals surface area (Å²) in [5.41, 5.74) is 2.93. The highest BCUT2D eigenvalue weighted by atomic mass is 35.5. The van der Waals surface area contributed by atoms with Crippen molar-refractivity contribution in [3.8, 4) is 22.8 Å². The van der Waals surface area contributed by atoms with Crippen molar-refractivity contribution >= 4 is 45.7 Å². The van der Waals surface area contributed by atoms with Crippen molar-refractivity contribution in [3.63, 3.8) is 0 Å². The summed E-state index contributed by atoms with van der Waals surface area (Å²) in [6.07, 6.45) is 0. The van der Waals surface area contributed by atoms with Gasteiger partial charge in [0.1, 0.15) is 11.5 Å². The topological polar surface area (TPSA) is 60.5 Å². The van der Waals surface area contributed by atoms with Crippen molar-refractivity contribution in [1.82, 2.24) is 4.98 Å². The molecule has 156 valence electrons. The van der Waals surface area contributed by atoms with Crippen molar-refractivity contribution in [2.45, 2.75) is 0 Å². The Labute approximate surface area is 189 Å². The Morgan fingerprint density at radius 3 is 2.32 bits per heavy atom. The fraction of sp³-hybridized carbons (Fsp3) is 0.0833. The lowest BCUT2D eigenvalue weighted by Crippen LogP contribution is -2.14. The summed E-state index contributed by atoms with van der Waals surface area (Å²) in [6, 6.07) is 19.8. The molecular weight excluding hydrogens is 435 g/mol. The average molecular weight is 453 g/mol. The van der Waals surface area contributed by atoms with Crippen LogP contribution in [0.1, 0.15) is 10.4 Å². The molecule has 1 aromatic heterocycles. The van der Waals surface area contributed by atoms with Gasteiger partial charge in [0.2, 0.25) is 0 Å². The largest absolute Gasteiger partial charge is 0.495 e. The van der Waals surface area contributed by atoms with Crippen LogP contribution in [0.2, 0.25) is 10.0 Å². The smallest absolute Gasteiger partial charge is 0.256 e. The van der Waals surface area contributed by atoms with Crippen molar-refractivity contribution in [2.24, 2.45) is 0 Å². The van der Waals surface area contributed by atoms with E-state index in [-0.39, 0.29) is 5.91 Å². The molecule has 1 N–H and O–H groups in total. The summed E-state index contributed by atoms with van der Waals surface area (Å²) in [5, 5.41) is 4.56. The molecule has 0 radical (unpaired) electrons. The van der Waals surface area contributed by atoms with Crippen LogP contribution in [-0.4, -0.2) is 25.1 Å². The first kappa shape index (κ1) is 21.0. The van der Waals surface area contributed by atoms with Gasteiger partial charge >= 0.3 is 0 Å². The molecule has 4 aromatic rings. The Hall–Kier alpha value is -3.28. The third kappa shape index (κ3) is 4.15. The number of carbonyl (C=O) groups is 1. The van der Waals surface area contributed by atoms with E-state index in [4.69, 9.17) is 37.7 Å². The number of hydrogen-bond acceptors (Lipinski definition) is 4. The van der Waals surface area contributed by atoms with Gasteiger partial charge in [-0.05, 0) is 18.2 Å². The van der Waals surface area contributed by atoms with Gasteiger partial charge in [0.15, 0.2) is 0 Å². The van der Waals surface area contributed by atoms with E-state index < -0.39 is 0 Å². The summed E-state index contributed by atoms with van der Waals surface area (Å²) < 4.78 is 10.6. The molecule has 0 saturated carbocycles. The van der Waals surface area contributed by atoms with Crippen molar-refractivity contribution in [1.29, 1.82) is 0 Å². The Morgan fingerprint density at radius 1 is 0.871 bits per heavy atom.